The lowest BCUT2D eigenvalue weighted by Gasteiger charge is -2.25. The number of likely N-dealkylation sites (N-methyl/N-ethyl adjacent to an activating group) is 1. The fraction of sp³-hybridized carbons (Fsp3) is 0.381. The summed E-state index contributed by atoms with van der Waals surface area (Å²) in [4.78, 5) is 17.3. The van der Waals surface area contributed by atoms with E-state index in [-0.39, 0.29) is 5.91 Å². The van der Waals surface area contributed by atoms with Gasteiger partial charge in [-0.15, -0.1) is 0 Å². The third-order valence-electron chi connectivity index (χ3n) is 5.45. The van der Waals surface area contributed by atoms with Crippen LogP contribution in [0.5, 0.6) is 0 Å². The summed E-state index contributed by atoms with van der Waals surface area (Å²) in [6, 6.07) is 17.0. The van der Waals surface area contributed by atoms with Gasteiger partial charge in [0.05, 0.1) is 0 Å². The van der Waals surface area contributed by atoms with Gasteiger partial charge in [-0.1, -0.05) is 36.4 Å². The average Bonchev–Trinajstić information content (AvgIpc) is 3.30. The Bertz CT molecular complexity index is 759. The van der Waals surface area contributed by atoms with Crippen LogP contribution in [0.15, 0.2) is 48.5 Å². The van der Waals surface area contributed by atoms with Crippen molar-refractivity contribution in [1.82, 2.24) is 15.1 Å². The van der Waals surface area contributed by atoms with Crippen LogP contribution in [0.2, 0.25) is 0 Å². The van der Waals surface area contributed by atoms with Crippen molar-refractivity contribution in [2.24, 2.45) is 0 Å². The maximum absolute atomic E-state index is 12.9. The highest BCUT2D eigenvalue weighted by atomic mass is 16.2. The number of nitrogens with one attached hydrogen (secondary N) is 1. The quantitative estimate of drug-likeness (QED) is 0.933. The zero-order valence-corrected chi connectivity index (χ0v) is 14.7. The summed E-state index contributed by atoms with van der Waals surface area (Å²) in [6.45, 7) is 4.74. The van der Waals surface area contributed by atoms with E-state index in [9.17, 15) is 4.79 Å². The molecule has 0 aliphatic carbocycles. The zero-order valence-electron chi connectivity index (χ0n) is 14.7. The highest BCUT2D eigenvalue weighted by molar-refractivity contribution is 5.94. The predicted octanol–water partition coefficient (Wildman–Crippen LogP) is 2.64. The van der Waals surface area contributed by atoms with E-state index in [4.69, 9.17) is 0 Å². The lowest BCUT2D eigenvalue weighted by molar-refractivity contribution is 0.0735. The van der Waals surface area contributed by atoms with Gasteiger partial charge in [0.15, 0.2) is 0 Å². The number of amides is 1. The largest absolute Gasteiger partial charge is 0.337 e. The molecule has 2 aliphatic rings. The minimum Gasteiger partial charge on any atom is -0.337 e. The summed E-state index contributed by atoms with van der Waals surface area (Å²) in [5.74, 6) is 0.140. The second-order valence-corrected chi connectivity index (χ2v) is 7.17. The summed E-state index contributed by atoms with van der Waals surface area (Å²) in [5.41, 5.74) is 4.72. The normalized spacial score (nSPS) is 19.8. The number of carbonyl (C=O) groups excluding carboxylic acids is 1. The van der Waals surface area contributed by atoms with Crippen LogP contribution < -0.4 is 5.32 Å². The first-order valence-electron chi connectivity index (χ1n) is 9.06. The van der Waals surface area contributed by atoms with E-state index >= 15 is 0 Å². The van der Waals surface area contributed by atoms with E-state index < -0.39 is 0 Å². The summed E-state index contributed by atoms with van der Waals surface area (Å²) in [7, 11) is 1.95. The van der Waals surface area contributed by atoms with E-state index in [1.165, 1.54) is 16.7 Å². The van der Waals surface area contributed by atoms with Crippen molar-refractivity contribution < 1.29 is 4.79 Å². The zero-order chi connectivity index (χ0) is 17.2. The van der Waals surface area contributed by atoms with Crippen molar-refractivity contribution >= 4 is 5.91 Å². The van der Waals surface area contributed by atoms with Gasteiger partial charge in [0.25, 0.3) is 5.91 Å². The van der Waals surface area contributed by atoms with E-state index in [0.717, 1.165) is 44.7 Å². The van der Waals surface area contributed by atoms with Crippen LogP contribution in [-0.4, -0.2) is 41.9 Å². The van der Waals surface area contributed by atoms with Crippen LogP contribution in [0.1, 0.15) is 33.5 Å². The molecule has 1 atom stereocenters. The van der Waals surface area contributed by atoms with Gasteiger partial charge in [-0.2, -0.15) is 0 Å². The molecule has 4 heteroatoms. The molecule has 1 fully saturated rings. The Morgan fingerprint density at radius 1 is 1.16 bits per heavy atom. The van der Waals surface area contributed by atoms with Crippen molar-refractivity contribution in [3.8, 4) is 0 Å². The van der Waals surface area contributed by atoms with Gasteiger partial charge in [0, 0.05) is 51.4 Å². The Kier molecular flexibility index (Phi) is 4.55. The van der Waals surface area contributed by atoms with Crippen LogP contribution in [-0.2, 0) is 19.6 Å². The molecule has 2 aromatic carbocycles. The molecule has 1 saturated heterocycles. The molecule has 2 aromatic rings. The molecule has 1 N–H and O–H groups in total. The Labute approximate surface area is 149 Å². The topological polar surface area (TPSA) is 35.6 Å². The molecule has 4 rings (SSSR count). The maximum atomic E-state index is 12.9. The molecule has 25 heavy (non-hydrogen) atoms. The second kappa shape index (κ2) is 6.98. The lowest BCUT2D eigenvalue weighted by Crippen LogP contribution is -2.39. The molecule has 0 radical (unpaired) electrons. The number of carbonyl (C=O) groups is 1. The molecular formula is C21H25N3O. The van der Waals surface area contributed by atoms with Gasteiger partial charge in [-0.25, -0.2) is 0 Å². The van der Waals surface area contributed by atoms with Crippen molar-refractivity contribution in [3.05, 3.63) is 70.8 Å². The number of likely N-dealkylation sites (tertiary alicyclic amines) is 1. The predicted molar refractivity (Wildman–Crippen MR) is 99.2 cm³/mol. The third-order valence-corrected chi connectivity index (χ3v) is 5.45. The Morgan fingerprint density at radius 2 is 1.96 bits per heavy atom. The van der Waals surface area contributed by atoms with Crippen LogP contribution >= 0.6 is 0 Å². The number of rotatable bonds is 4. The Hall–Kier alpha value is -2.17. The molecule has 2 aliphatic heterocycles. The first kappa shape index (κ1) is 16.3. The molecule has 0 saturated carbocycles. The van der Waals surface area contributed by atoms with E-state index in [0.29, 0.717) is 6.04 Å². The van der Waals surface area contributed by atoms with E-state index in [1.54, 1.807) is 0 Å². The van der Waals surface area contributed by atoms with Gasteiger partial charge < -0.3 is 10.2 Å². The molecule has 130 valence electrons. The van der Waals surface area contributed by atoms with Gasteiger partial charge in [-0.05, 0) is 35.2 Å². The second-order valence-electron chi connectivity index (χ2n) is 7.17. The van der Waals surface area contributed by atoms with Crippen LogP contribution in [0.4, 0.5) is 0 Å². The maximum Gasteiger partial charge on any atom is 0.253 e. The summed E-state index contributed by atoms with van der Waals surface area (Å²) in [6.07, 6.45) is 1.04. The SMILES string of the molecule is CN(C(=O)c1ccc2c(c1)CNC2)C1CCN(Cc2ccccc2)C1. The van der Waals surface area contributed by atoms with Crippen LogP contribution in [0, 0.1) is 0 Å². The van der Waals surface area contributed by atoms with Gasteiger partial charge >= 0.3 is 0 Å². The summed E-state index contributed by atoms with van der Waals surface area (Å²) >= 11 is 0. The molecule has 0 spiro atoms. The Morgan fingerprint density at radius 3 is 2.80 bits per heavy atom. The highest BCUT2D eigenvalue weighted by Crippen LogP contribution is 2.21. The summed E-state index contributed by atoms with van der Waals surface area (Å²) in [5, 5.41) is 3.34. The molecule has 0 bridgehead atoms. The number of hydrogen-bond acceptors (Lipinski definition) is 3. The van der Waals surface area contributed by atoms with Crippen LogP contribution in [0.3, 0.4) is 0 Å². The van der Waals surface area contributed by atoms with Crippen molar-refractivity contribution in [2.45, 2.75) is 32.1 Å². The molecular weight excluding hydrogens is 310 g/mol. The fourth-order valence-electron chi connectivity index (χ4n) is 3.91. The first-order valence-corrected chi connectivity index (χ1v) is 9.06. The van der Waals surface area contributed by atoms with E-state index in [2.05, 4.69) is 52.7 Å². The standard InChI is InChI=1S/C21H25N3O/c1-23(21(25)17-7-8-18-12-22-13-19(18)11-17)20-9-10-24(15-20)14-16-5-3-2-4-6-16/h2-8,11,20,22H,9-10,12-15H2,1H3. The number of hydrogen-bond donors (Lipinski definition) is 1. The molecule has 1 unspecified atom stereocenters. The average molecular weight is 335 g/mol. The fourth-order valence-corrected chi connectivity index (χ4v) is 3.91. The van der Waals surface area contributed by atoms with E-state index in [1.807, 2.05) is 18.0 Å². The molecule has 4 nitrogen and oxygen atoms in total. The Balaban J connectivity index is 1.39. The minimum atomic E-state index is 0.140. The van der Waals surface area contributed by atoms with Gasteiger partial charge in [-0.3, -0.25) is 9.69 Å². The van der Waals surface area contributed by atoms with Crippen molar-refractivity contribution in [2.75, 3.05) is 20.1 Å². The lowest BCUT2D eigenvalue weighted by atomic mass is 10.0. The van der Waals surface area contributed by atoms with Crippen molar-refractivity contribution in [1.29, 1.82) is 0 Å². The molecule has 1 amide bonds. The first-order chi connectivity index (χ1) is 12.2. The van der Waals surface area contributed by atoms with Gasteiger partial charge in [0.2, 0.25) is 0 Å². The summed E-state index contributed by atoms with van der Waals surface area (Å²) < 4.78 is 0. The number of benzene rings is 2. The number of fused-ring (bicyclic) bond motifs is 1. The highest BCUT2D eigenvalue weighted by Gasteiger charge is 2.29. The monoisotopic (exact) mass is 335 g/mol. The number of nitrogens with zero attached hydrogens (tertiary/aromatic N) is 2. The van der Waals surface area contributed by atoms with Crippen LogP contribution in [0.25, 0.3) is 0 Å². The minimum absolute atomic E-state index is 0.140. The third kappa shape index (κ3) is 3.46. The molecule has 2 heterocycles. The van der Waals surface area contributed by atoms with Crippen molar-refractivity contribution in [3.63, 3.8) is 0 Å². The smallest absolute Gasteiger partial charge is 0.253 e. The van der Waals surface area contributed by atoms with Gasteiger partial charge in [0.1, 0.15) is 0 Å². The molecule has 0 aromatic heterocycles.